The summed E-state index contributed by atoms with van der Waals surface area (Å²) in [5.41, 5.74) is 7.68. The minimum absolute atomic E-state index is 0.0390. The second kappa shape index (κ2) is 7.81. The van der Waals surface area contributed by atoms with Crippen molar-refractivity contribution in [3.8, 4) is 0 Å². The molecule has 2 aromatic carbocycles. The van der Waals surface area contributed by atoms with Crippen LogP contribution in [-0.4, -0.2) is 29.1 Å². The van der Waals surface area contributed by atoms with Crippen molar-refractivity contribution in [3.63, 3.8) is 0 Å². The Labute approximate surface area is 169 Å². The lowest BCUT2D eigenvalue weighted by molar-refractivity contribution is -0.118. The van der Waals surface area contributed by atoms with Crippen LogP contribution in [0.1, 0.15) is 48.7 Å². The average molecular weight is 402 g/mol. The van der Waals surface area contributed by atoms with Crippen LogP contribution in [0.2, 0.25) is 5.02 Å². The Morgan fingerprint density at radius 2 is 1.96 bits per heavy atom. The first-order valence-electron chi connectivity index (χ1n) is 9.13. The highest BCUT2D eigenvalue weighted by atomic mass is 35.5. The Morgan fingerprint density at radius 1 is 1.29 bits per heavy atom. The maximum atomic E-state index is 12.5. The van der Waals surface area contributed by atoms with E-state index < -0.39 is 11.4 Å². The zero-order chi connectivity index (χ0) is 20.5. The molecule has 28 heavy (non-hydrogen) atoms. The molecule has 1 aliphatic heterocycles. The lowest BCUT2D eigenvalue weighted by atomic mass is 9.79. The molecule has 2 unspecified atom stereocenters. The van der Waals surface area contributed by atoms with E-state index in [9.17, 15) is 14.7 Å². The number of aliphatic hydroxyl groups is 1. The smallest absolute Gasteiger partial charge is 0.248 e. The molecule has 0 aliphatic carbocycles. The van der Waals surface area contributed by atoms with E-state index in [2.05, 4.69) is 5.32 Å². The Balaban J connectivity index is 2.11. The number of hydrogen-bond acceptors (Lipinski definition) is 4. The summed E-state index contributed by atoms with van der Waals surface area (Å²) in [5, 5.41) is 13.7. The summed E-state index contributed by atoms with van der Waals surface area (Å²) < 4.78 is 0. The second-order valence-corrected chi connectivity index (χ2v) is 7.81. The van der Waals surface area contributed by atoms with E-state index in [4.69, 9.17) is 17.3 Å². The van der Waals surface area contributed by atoms with Gasteiger partial charge in [-0.05, 0) is 67.8 Å². The number of fused-ring (bicyclic) bond motifs is 1. The van der Waals surface area contributed by atoms with Gasteiger partial charge in [0.25, 0.3) is 0 Å². The third-order valence-corrected chi connectivity index (χ3v) is 5.51. The third-order valence-electron chi connectivity index (χ3n) is 5.26. The highest BCUT2D eigenvalue weighted by Crippen LogP contribution is 2.45. The fraction of sp³-hybridized carbons (Fsp3) is 0.333. The van der Waals surface area contributed by atoms with E-state index in [-0.39, 0.29) is 18.6 Å². The minimum Gasteiger partial charge on any atom is -0.396 e. The predicted octanol–water partition coefficient (Wildman–Crippen LogP) is 3.49. The van der Waals surface area contributed by atoms with E-state index in [1.54, 1.807) is 35.2 Å². The van der Waals surface area contributed by atoms with Gasteiger partial charge in [0.2, 0.25) is 11.8 Å². The number of nitrogens with one attached hydrogen (secondary N) is 1. The molecule has 3 rings (SSSR count). The highest BCUT2D eigenvalue weighted by molar-refractivity contribution is 6.30. The van der Waals surface area contributed by atoms with Gasteiger partial charge in [-0.15, -0.1) is 0 Å². The van der Waals surface area contributed by atoms with E-state index in [0.717, 1.165) is 11.3 Å². The largest absolute Gasteiger partial charge is 0.396 e. The molecule has 6 nitrogen and oxygen atoms in total. The number of amides is 2. The van der Waals surface area contributed by atoms with Crippen molar-refractivity contribution in [2.45, 2.75) is 38.3 Å². The van der Waals surface area contributed by atoms with Crippen LogP contribution in [0.4, 0.5) is 11.4 Å². The summed E-state index contributed by atoms with van der Waals surface area (Å²) in [6, 6.07) is 12.3. The van der Waals surface area contributed by atoms with Gasteiger partial charge in [-0.25, -0.2) is 0 Å². The molecule has 4 N–H and O–H groups in total. The van der Waals surface area contributed by atoms with E-state index in [1.807, 2.05) is 19.1 Å². The zero-order valence-electron chi connectivity index (χ0n) is 15.9. The summed E-state index contributed by atoms with van der Waals surface area (Å²) in [6.45, 7) is 3.43. The summed E-state index contributed by atoms with van der Waals surface area (Å²) >= 11 is 5.98. The fourth-order valence-electron chi connectivity index (χ4n) is 4.00. The summed E-state index contributed by atoms with van der Waals surface area (Å²) in [6.07, 6.45) is 0.993. The van der Waals surface area contributed by atoms with Crippen molar-refractivity contribution in [3.05, 3.63) is 58.6 Å². The van der Waals surface area contributed by atoms with E-state index in [0.29, 0.717) is 29.1 Å². The Hall–Kier alpha value is -2.57. The molecular weight excluding hydrogens is 378 g/mol. The third kappa shape index (κ3) is 3.84. The fourth-order valence-corrected chi connectivity index (χ4v) is 4.13. The standard InChI is InChI=1S/C21H24ClN3O3/c1-13(27)25-19-8-3-14(20(23)28)11-17(19)18(12-21(25,2)9-10-26)24-16-6-4-15(22)5-7-16/h3-8,11,18,24,26H,9-10,12H2,1-2H3,(H2,23,28). The van der Waals surface area contributed by atoms with E-state index in [1.165, 1.54) is 6.92 Å². The van der Waals surface area contributed by atoms with Gasteiger partial charge < -0.3 is 21.1 Å². The molecule has 0 aromatic heterocycles. The van der Waals surface area contributed by atoms with E-state index >= 15 is 0 Å². The van der Waals surface area contributed by atoms with Crippen LogP contribution < -0.4 is 16.0 Å². The second-order valence-electron chi connectivity index (χ2n) is 7.37. The molecule has 1 aliphatic rings. The number of anilines is 2. The molecule has 0 saturated carbocycles. The highest BCUT2D eigenvalue weighted by Gasteiger charge is 2.43. The number of rotatable bonds is 5. The first-order valence-corrected chi connectivity index (χ1v) is 9.50. The molecule has 0 spiro atoms. The molecule has 0 saturated heterocycles. The predicted molar refractivity (Wildman–Crippen MR) is 111 cm³/mol. The minimum atomic E-state index is -0.577. The van der Waals surface area contributed by atoms with Crippen LogP contribution in [0.5, 0.6) is 0 Å². The molecule has 0 radical (unpaired) electrons. The molecule has 148 valence electrons. The Morgan fingerprint density at radius 3 is 2.54 bits per heavy atom. The number of carbonyl (C=O) groups is 2. The van der Waals surface area contributed by atoms with Crippen molar-refractivity contribution >= 4 is 34.8 Å². The Bertz CT molecular complexity index is 900. The molecular formula is C21H24ClN3O3. The number of halogens is 1. The van der Waals surface area contributed by atoms with Crippen molar-refractivity contribution in [2.24, 2.45) is 5.73 Å². The van der Waals surface area contributed by atoms with Gasteiger partial charge in [-0.1, -0.05) is 11.6 Å². The van der Waals surface area contributed by atoms with Crippen LogP contribution in [-0.2, 0) is 4.79 Å². The molecule has 1 heterocycles. The molecule has 0 fully saturated rings. The number of nitrogens with zero attached hydrogens (tertiary/aromatic N) is 1. The number of primary amides is 1. The first-order chi connectivity index (χ1) is 13.2. The summed E-state index contributed by atoms with van der Waals surface area (Å²) in [7, 11) is 0. The van der Waals surface area contributed by atoms with Crippen LogP contribution >= 0.6 is 11.6 Å². The molecule has 2 aromatic rings. The zero-order valence-corrected chi connectivity index (χ0v) is 16.7. The van der Waals surface area contributed by atoms with Gasteiger partial charge in [-0.3, -0.25) is 9.59 Å². The van der Waals surface area contributed by atoms with Crippen molar-refractivity contribution in [1.82, 2.24) is 0 Å². The lowest BCUT2D eigenvalue weighted by Gasteiger charge is -2.48. The normalized spacial score (nSPS) is 21.1. The number of aliphatic hydroxyl groups excluding tert-OH is 1. The number of nitrogens with two attached hydrogens (primary N) is 1. The molecule has 2 atom stereocenters. The van der Waals surface area contributed by atoms with Gasteiger partial charge in [-0.2, -0.15) is 0 Å². The summed E-state index contributed by atoms with van der Waals surface area (Å²) in [4.78, 5) is 25.9. The van der Waals surface area contributed by atoms with Gasteiger partial charge in [0.1, 0.15) is 0 Å². The number of benzene rings is 2. The topological polar surface area (TPSA) is 95.7 Å². The van der Waals surface area contributed by atoms with Crippen LogP contribution in [0.15, 0.2) is 42.5 Å². The first kappa shape index (κ1) is 20.2. The van der Waals surface area contributed by atoms with Gasteiger partial charge >= 0.3 is 0 Å². The lowest BCUT2D eigenvalue weighted by Crippen LogP contribution is -2.54. The SMILES string of the molecule is CC(=O)N1c2ccc(C(N)=O)cc2C(Nc2ccc(Cl)cc2)CC1(C)CCO. The number of carbonyl (C=O) groups excluding carboxylic acids is 2. The van der Waals surface area contributed by atoms with Crippen molar-refractivity contribution < 1.29 is 14.7 Å². The molecule has 7 heteroatoms. The maximum absolute atomic E-state index is 12.5. The van der Waals surface area contributed by atoms with Crippen molar-refractivity contribution in [2.75, 3.05) is 16.8 Å². The quantitative estimate of drug-likeness (QED) is 0.714. The Kier molecular flexibility index (Phi) is 5.63. The maximum Gasteiger partial charge on any atom is 0.248 e. The van der Waals surface area contributed by atoms with Crippen LogP contribution in [0, 0.1) is 0 Å². The van der Waals surface area contributed by atoms with Crippen LogP contribution in [0.3, 0.4) is 0 Å². The van der Waals surface area contributed by atoms with Gasteiger partial charge in [0, 0.05) is 41.0 Å². The van der Waals surface area contributed by atoms with Crippen molar-refractivity contribution in [1.29, 1.82) is 0 Å². The monoisotopic (exact) mass is 401 g/mol. The van der Waals surface area contributed by atoms with Gasteiger partial charge in [0.15, 0.2) is 0 Å². The number of hydrogen-bond donors (Lipinski definition) is 3. The molecule has 0 bridgehead atoms. The summed E-state index contributed by atoms with van der Waals surface area (Å²) in [5.74, 6) is -0.639. The molecule has 2 amide bonds. The van der Waals surface area contributed by atoms with Crippen LogP contribution in [0.25, 0.3) is 0 Å². The average Bonchev–Trinajstić information content (AvgIpc) is 2.63. The van der Waals surface area contributed by atoms with Gasteiger partial charge in [0.05, 0.1) is 6.04 Å².